The number of hydrogen-bond acceptors (Lipinski definition) is 5. The highest BCUT2D eigenvalue weighted by molar-refractivity contribution is 6.32. The highest BCUT2D eigenvalue weighted by atomic mass is 35.5. The Bertz CT molecular complexity index is 774. The van der Waals surface area contributed by atoms with Crippen molar-refractivity contribution in [1.82, 2.24) is 9.88 Å². The summed E-state index contributed by atoms with van der Waals surface area (Å²) in [5.74, 6) is 1.75. The van der Waals surface area contributed by atoms with Gasteiger partial charge < -0.3 is 19.7 Å². The van der Waals surface area contributed by atoms with Gasteiger partial charge in [-0.3, -0.25) is 4.79 Å². The maximum absolute atomic E-state index is 12.5. The van der Waals surface area contributed by atoms with Crippen LogP contribution in [0.25, 0.3) is 0 Å². The molecule has 0 radical (unpaired) electrons. The van der Waals surface area contributed by atoms with Gasteiger partial charge in [-0.1, -0.05) is 11.6 Å². The van der Waals surface area contributed by atoms with Gasteiger partial charge in [0.25, 0.3) is 5.91 Å². The molecule has 0 bridgehead atoms. The number of carbonyl (C=O) groups excluding carboxylic acids is 1. The third-order valence-corrected chi connectivity index (χ3v) is 4.69. The topological polar surface area (TPSA) is 63.7 Å². The lowest BCUT2D eigenvalue weighted by molar-refractivity contribution is 0.0724. The molecule has 26 heavy (non-hydrogen) atoms. The van der Waals surface area contributed by atoms with Crippen LogP contribution in [0.3, 0.4) is 0 Å². The van der Waals surface area contributed by atoms with Crippen molar-refractivity contribution in [3.63, 3.8) is 0 Å². The third-order valence-electron chi connectivity index (χ3n) is 4.39. The van der Waals surface area contributed by atoms with E-state index in [0.29, 0.717) is 33.6 Å². The number of benzene rings is 1. The quantitative estimate of drug-likeness (QED) is 0.851. The first-order chi connectivity index (χ1) is 12.6. The molecule has 1 aromatic heterocycles. The second-order valence-corrected chi connectivity index (χ2v) is 6.50. The van der Waals surface area contributed by atoms with Crippen molar-refractivity contribution < 1.29 is 14.3 Å². The van der Waals surface area contributed by atoms with Crippen LogP contribution in [0.5, 0.6) is 11.5 Å². The monoisotopic (exact) mass is 375 g/mol. The summed E-state index contributed by atoms with van der Waals surface area (Å²) in [6.07, 6.45) is 4.92. The Morgan fingerprint density at radius 2 is 1.85 bits per heavy atom. The standard InChI is InChI=1S/C19H22ClN3O3/c1-25-16-11-15(17(26-2)10-14(16)20)22-18-7-6-13(12-21-18)19(24)23-8-4-3-5-9-23/h6-7,10-12H,3-5,8-9H2,1-2H3,(H,21,22). The number of halogens is 1. The highest BCUT2D eigenvalue weighted by Gasteiger charge is 2.18. The van der Waals surface area contributed by atoms with Gasteiger partial charge in [-0.15, -0.1) is 0 Å². The first-order valence-electron chi connectivity index (χ1n) is 8.56. The number of nitrogens with one attached hydrogen (secondary N) is 1. The molecule has 0 spiro atoms. The predicted octanol–water partition coefficient (Wildman–Crippen LogP) is 4.12. The lowest BCUT2D eigenvalue weighted by Crippen LogP contribution is -2.35. The number of pyridine rings is 1. The van der Waals surface area contributed by atoms with E-state index < -0.39 is 0 Å². The van der Waals surface area contributed by atoms with Crippen molar-refractivity contribution in [2.24, 2.45) is 0 Å². The van der Waals surface area contributed by atoms with Crippen molar-refractivity contribution in [3.8, 4) is 11.5 Å². The number of aromatic nitrogens is 1. The molecule has 1 N–H and O–H groups in total. The zero-order valence-electron chi connectivity index (χ0n) is 14.9. The molecule has 0 saturated carbocycles. The van der Waals surface area contributed by atoms with E-state index in [0.717, 1.165) is 25.9 Å². The lowest BCUT2D eigenvalue weighted by Gasteiger charge is -2.26. The number of amides is 1. The lowest BCUT2D eigenvalue weighted by atomic mass is 10.1. The molecule has 2 aromatic rings. The molecule has 6 nitrogen and oxygen atoms in total. The highest BCUT2D eigenvalue weighted by Crippen LogP contribution is 2.37. The molecular weight excluding hydrogens is 354 g/mol. The number of piperidine rings is 1. The van der Waals surface area contributed by atoms with Gasteiger partial charge in [-0.25, -0.2) is 4.98 Å². The maximum atomic E-state index is 12.5. The summed E-state index contributed by atoms with van der Waals surface area (Å²) in [6, 6.07) is 6.98. The van der Waals surface area contributed by atoms with Gasteiger partial charge >= 0.3 is 0 Å². The minimum Gasteiger partial charge on any atom is -0.495 e. The zero-order chi connectivity index (χ0) is 18.5. The average Bonchev–Trinajstić information content (AvgIpc) is 2.69. The minimum atomic E-state index is 0.0366. The zero-order valence-corrected chi connectivity index (χ0v) is 15.7. The predicted molar refractivity (Wildman–Crippen MR) is 102 cm³/mol. The van der Waals surface area contributed by atoms with E-state index in [1.807, 2.05) is 4.90 Å². The van der Waals surface area contributed by atoms with Gasteiger partial charge in [-0.2, -0.15) is 0 Å². The van der Waals surface area contributed by atoms with Crippen LogP contribution in [0.2, 0.25) is 5.02 Å². The van der Waals surface area contributed by atoms with Gasteiger partial charge in [-0.05, 0) is 31.4 Å². The molecule has 7 heteroatoms. The molecule has 138 valence electrons. The summed E-state index contributed by atoms with van der Waals surface area (Å²) < 4.78 is 10.6. The Kier molecular flexibility index (Phi) is 5.83. The fourth-order valence-corrected chi connectivity index (χ4v) is 3.20. The van der Waals surface area contributed by atoms with E-state index in [9.17, 15) is 4.79 Å². The second kappa shape index (κ2) is 8.27. The van der Waals surface area contributed by atoms with E-state index in [2.05, 4.69) is 10.3 Å². The van der Waals surface area contributed by atoms with Gasteiger partial charge in [0.1, 0.15) is 17.3 Å². The molecule has 1 amide bonds. The molecule has 0 atom stereocenters. The van der Waals surface area contributed by atoms with Crippen molar-refractivity contribution in [3.05, 3.63) is 41.0 Å². The Labute approximate surface area is 158 Å². The molecule has 3 rings (SSSR count). The van der Waals surface area contributed by atoms with Crippen molar-refractivity contribution in [2.45, 2.75) is 19.3 Å². The Morgan fingerprint density at radius 1 is 1.12 bits per heavy atom. The Morgan fingerprint density at radius 3 is 2.46 bits per heavy atom. The van der Waals surface area contributed by atoms with Crippen LogP contribution >= 0.6 is 11.6 Å². The average molecular weight is 376 g/mol. The van der Waals surface area contributed by atoms with E-state index >= 15 is 0 Å². The van der Waals surface area contributed by atoms with Gasteiger partial charge in [0, 0.05) is 31.4 Å². The molecule has 1 saturated heterocycles. The van der Waals surface area contributed by atoms with Gasteiger partial charge in [0.2, 0.25) is 0 Å². The number of rotatable bonds is 5. The van der Waals surface area contributed by atoms with Crippen LogP contribution in [0.15, 0.2) is 30.5 Å². The minimum absolute atomic E-state index is 0.0366. The number of likely N-dealkylation sites (tertiary alicyclic amines) is 1. The van der Waals surface area contributed by atoms with Gasteiger partial charge in [0.05, 0.1) is 30.5 Å². The van der Waals surface area contributed by atoms with Crippen LogP contribution < -0.4 is 14.8 Å². The summed E-state index contributed by atoms with van der Waals surface area (Å²) in [7, 11) is 3.12. The van der Waals surface area contributed by atoms with Gasteiger partial charge in [0.15, 0.2) is 0 Å². The van der Waals surface area contributed by atoms with Crippen molar-refractivity contribution >= 4 is 29.0 Å². The van der Waals surface area contributed by atoms with Crippen LogP contribution in [0.4, 0.5) is 11.5 Å². The third kappa shape index (κ3) is 4.02. The first-order valence-corrected chi connectivity index (χ1v) is 8.94. The van der Waals surface area contributed by atoms with Crippen molar-refractivity contribution in [2.75, 3.05) is 32.6 Å². The fraction of sp³-hybridized carbons (Fsp3) is 0.368. The summed E-state index contributed by atoms with van der Waals surface area (Å²) in [6.45, 7) is 1.64. The van der Waals surface area contributed by atoms with Crippen LogP contribution in [-0.4, -0.2) is 43.1 Å². The van der Waals surface area contributed by atoms with E-state index in [1.54, 1.807) is 44.7 Å². The number of nitrogens with zero attached hydrogens (tertiary/aromatic N) is 2. The fourth-order valence-electron chi connectivity index (χ4n) is 2.97. The van der Waals surface area contributed by atoms with Crippen LogP contribution in [0.1, 0.15) is 29.6 Å². The van der Waals surface area contributed by atoms with E-state index in [4.69, 9.17) is 21.1 Å². The number of carbonyl (C=O) groups is 1. The van der Waals surface area contributed by atoms with E-state index in [-0.39, 0.29) is 5.91 Å². The normalized spacial score (nSPS) is 14.0. The molecule has 0 unspecified atom stereocenters. The summed E-state index contributed by atoms with van der Waals surface area (Å²) in [5, 5.41) is 3.63. The molecule has 1 fully saturated rings. The smallest absolute Gasteiger partial charge is 0.255 e. The molecule has 1 aliphatic rings. The van der Waals surface area contributed by atoms with Crippen molar-refractivity contribution in [1.29, 1.82) is 0 Å². The van der Waals surface area contributed by atoms with Crippen LogP contribution in [-0.2, 0) is 0 Å². The molecular formula is C19H22ClN3O3. The number of hydrogen-bond donors (Lipinski definition) is 1. The SMILES string of the molecule is COc1cc(Nc2ccc(C(=O)N3CCCCC3)cn2)c(OC)cc1Cl. The largest absolute Gasteiger partial charge is 0.495 e. The summed E-state index contributed by atoms with van der Waals surface area (Å²) in [5.41, 5.74) is 1.27. The Balaban J connectivity index is 1.76. The van der Waals surface area contributed by atoms with Crippen LogP contribution in [0, 0.1) is 0 Å². The Hall–Kier alpha value is -2.47. The maximum Gasteiger partial charge on any atom is 0.255 e. The summed E-state index contributed by atoms with van der Waals surface area (Å²) in [4.78, 5) is 18.7. The van der Waals surface area contributed by atoms with E-state index in [1.165, 1.54) is 6.42 Å². The molecule has 0 aliphatic carbocycles. The second-order valence-electron chi connectivity index (χ2n) is 6.10. The first kappa shape index (κ1) is 18.3. The summed E-state index contributed by atoms with van der Waals surface area (Å²) >= 11 is 6.12. The molecule has 1 aromatic carbocycles. The number of ether oxygens (including phenoxy) is 2. The number of methoxy groups -OCH3 is 2. The molecule has 2 heterocycles. The number of anilines is 2. The molecule has 1 aliphatic heterocycles.